The molecule has 2 aromatic rings. The molecular formula is C14H15BrN2O2S. The Balaban J connectivity index is 2.13. The SMILES string of the molecule is CC(Nc1ccc(Br)cc1)c1ccc(S(N)(=O)=O)cc1. The molecule has 106 valence electrons. The van der Waals surface area contributed by atoms with Gasteiger partial charge in [0.25, 0.3) is 0 Å². The van der Waals surface area contributed by atoms with Crippen LogP contribution in [0.1, 0.15) is 18.5 Å². The van der Waals surface area contributed by atoms with E-state index in [0.717, 1.165) is 15.7 Å². The lowest BCUT2D eigenvalue weighted by molar-refractivity contribution is 0.597. The molecular weight excluding hydrogens is 340 g/mol. The van der Waals surface area contributed by atoms with Gasteiger partial charge < -0.3 is 5.32 Å². The highest BCUT2D eigenvalue weighted by atomic mass is 79.9. The Morgan fingerprint density at radius 1 is 1.05 bits per heavy atom. The molecule has 0 aliphatic rings. The maximum Gasteiger partial charge on any atom is 0.238 e. The van der Waals surface area contributed by atoms with Crippen molar-refractivity contribution in [3.63, 3.8) is 0 Å². The molecule has 6 heteroatoms. The summed E-state index contributed by atoms with van der Waals surface area (Å²) in [5.41, 5.74) is 1.98. The van der Waals surface area contributed by atoms with Crippen molar-refractivity contribution in [1.82, 2.24) is 0 Å². The van der Waals surface area contributed by atoms with E-state index in [0.29, 0.717) is 0 Å². The Labute approximate surface area is 127 Å². The smallest absolute Gasteiger partial charge is 0.238 e. The summed E-state index contributed by atoms with van der Waals surface area (Å²) in [5, 5.41) is 8.41. The van der Waals surface area contributed by atoms with E-state index in [4.69, 9.17) is 5.14 Å². The van der Waals surface area contributed by atoms with Crippen LogP contribution >= 0.6 is 15.9 Å². The number of anilines is 1. The first-order chi connectivity index (χ1) is 9.36. The number of primary sulfonamides is 1. The van der Waals surface area contributed by atoms with E-state index in [9.17, 15) is 8.42 Å². The minimum atomic E-state index is -3.63. The Morgan fingerprint density at radius 3 is 2.10 bits per heavy atom. The predicted molar refractivity (Wildman–Crippen MR) is 84.0 cm³/mol. The standard InChI is InChI=1S/C14H15BrN2O2S/c1-10(17-13-6-4-12(15)5-7-13)11-2-8-14(9-3-11)20(16,18)19/h2-10,17H,1H3,(H2,16,18,19). The second kappa shape index (κ2) is 5.95. The van der Waals surface area contributed by atoms with Crippen molar-refractivity contribution in [2.45, 2.75) is 17.9 Å². The average Bonchev–Trinajstić information content (AvgIpc) is 2.40. The van der Waals surface area contributed by atoms with Crippen LogP contribution in [0.4, 0.5) is 5.69 Å². The molecule has 0 bridgehead atoms. The first kappa shape index (κ1) is 15.0. The molecule has 1 atom stereocenters. The Kier molecular flexibility index (Phi) is 4.47. The number of halogens is 1. The van der Waals surface area contributed by atoms with Gasteiger partial charge in [-0.25, -0.2) is 13.6 Å². The fraction of sp³-hybridized carbons (Fsp3) is 0.143. The molecule has 0 radical (unpaired) electrons. The molecule has 0 fully saturated rings. The lowest BCUT2D eigenvalue weighted by Crippen LogP contribution is -2.12. The third-order valence-corrected chi connectivity index (χ3v) is 4.39. The third kappa shape index (κ3) is 3.82. The highest BCUT2D eigenvalue weighted by Crippen LogP contribution is 2.21. The zero-order chi connectivity index (χ0) is 14.8. The van der Waals surface area contributed by atoms with E-state index in [1.807, 2.05) is 31.2 Å². The summed E-state index contributed by atoms with van der Waals surface area (Å²) in [6.45, 7) is 2.01. The minimum Gasteiger partial charge on any atom is -0.379 e. The van der Waals surface area contributed by atoms with Crippen LogP contribution in [0.5, 0.6) is 0 Å². The van der Waals surface area contributed by atoms with Crippen LogP contribution in [0.15, 0.2) is 57.9 Å². The minimum absolute atomic E-state index is 0.0608. The Bertz CT molecular complexity index is 682. The number of nitrogens with one attached hydrogen (secondary N) is 1. The Hall–Kier alpha value is -1.37. The van der Waals surface area contributed by atoms with Crippen molar-refractivity contribution in [1.29, 1.82) is 0 Å². The van der Waals surface area contributed by atoms with Gasteiger partial charge in [0.15, 0.2) is 0 Å². The maximum absolute atomic E-state index is 11.2. The molecule has 3 N–H and O–H groups in total. The number of rotatable bonds is 4. The van der Waals surface area contributed by atoms with E-state index in [1.165, 1.54) is 12.1 Å². The van der Waals surface area contributed by atoms with Gasteiger partial charge in [0.05, 0.1) is 4.90 Å². The average molecular weight is 355 g/mol. The number of benzene rings is 2. The lowest BCUT2D eigenvalue weighted by atomic mass is 10.1. The topological polar surface area (TPSA) is 72.2 Å². The molecule has 0 aliphatic carbocycles. The first-order valence-electron chi connectivity index (χ1n) is 6.01. The predicted octanol–water partition coefficient (Wildman–Crippen LogP) is 3.27. The van der Waals surface area contributed by atoms with Crippen molar-refractivity contribution in [2.75, 3.05) is 5.32 Å². The van der Waals surface area contributed by atoms with Gasteiger partial charge in [0, 0.05) is 16.2 Å². The van der Waals surface area contributed by atoms with Gasteiger partial charge >= 0.3 is 0 Å². The molecule has 2 aromatic carbocycles. The molecule has 0 amide bonds. The molecule has 0 aromatic heterocycles. The highest BCUT2D eigenvalue weighted by molar-refractivity contribution is 9.10. The van der Waals surface area contributed by atoms with Crippen LogP contribution in [0.2, 0.25) is 0 Å². The van der Waals surface area contributed by atoms with Crippen LogP contribution < -0.4 is 10.5 Å². The second-order valence-electron chi connectivity index (χ2n) is 4.49. The normalized spacial score (nSPS) is 12.9. The molecule has 20 heavy (non-hydrogen) atoms. The van der Waals surface area contributed by atoms with Gasteiger partial charge in [-0.15, -0.1) is 0 Å². The van der Waals surface area contributed by atoms with Crippen molar-refractivity contribution in [2.24, 2.45) is 5.14 Å². The second-order valence-corrected chi connectivity index (χ2v) is 6.96. The zero-order valence-corrected chi connectivity index (χ0v) is 13.3. The summed E-state index contributed by atoms with van der Waals surface area (Å²) >= 11 is 3.39. The van der Waals surface area contributed by atoms with Gasteiger partial charge in [0.1, 0.15) is 0 Å². The van der Waals surface area contributed by atoms with Gasteiger partial charge in [0.2, 0.25) is 10.0 Å². The molecule has 4 nitrogen and oxygen atoms in total. The number of nitrogens with two attached hydrogens (primary N) is 1. The molecule has 2 rings (SSSR count). The summed E-state index contributed by atoms with van der Waals surface area (Å²) in [6.07, 6.45) is 0. The highest BCUT2D eigenvalue weighted by Gasteiger charge is 2.09. The summed E-state index contributed by atoms with van der Waals surface area (Å²) < 4.78 is 23.4. The van der Waals surface area contributed by atoms with Crippen molar-refractivity contribution in [3.05, 3.63) is 58.6 Å². The van der Waals surface area contributed by atoms with Gasteiger partial charge in [-0.1, -0.05) is 28.1 Å². The lowest BCUT2D eigenvalue weighted by Gasteiger charge is -2.16. The summed E-state index contributed by atoms with van der Waals surface area (Å²) in [6, 6.07) is 14.5. The summed E-state index contributed by atoms with van der Waals surface area (Å²) in [4.78, 5) is 0.122. The van der Waals surface area contributed by atoms with Gasteiger partial charge in [-0.05, 0) is 48.9 Å². The van der Waals surface area contributed by atoms with Crippen LogP contribution in [0.3, 0.4) is 0 Å². The zero-order valence-electron chi connectivity index (χ0n) is 10.9. The Morgan fingerprint density at radius 2 is 1.60 bits per heavy atom. The molecule has 0 saturated carbocycles. The van der Waals surface area contributed by atoms with E-state index < -0.39 is 10.0 Å². The van der Waals surface area contributed by atoms with Gasteiger partial charge in [-0.3, -0.25) is 0 Å². The molecule has 0 spiro atoms. The van der Waals surface area contributed by atoms with E-state index in [-0.39, 0.29) is 10.9 Å². The summed E-state index contributed by atoms with van der Waals surface area (Å²) in [5.74, 6) is 0. The maximum atomic E-state index is 11.2. The van der Waals surface area contributed by atoms with E-state index >= 15 is 0 Å². The van der Waals surface area contributed by atoms with Gasteiger partial charge in [-0.2, -0.15) is 0 Å². The monoisotopic (exact) mass is 354 g/mol. The largest absolute Gasteiger partial charge is 0.379 e. The van der Waals surface area contributed by atoms with Crippen LogP contribution in [0, 0.1) is 0 Å². The number of sulfonamides is 1. The summed E-state index contributed by atoms with van der Waals surface area (Å²) in [7, 11) is -3.63. The van der Waals surface area contributed by atoms with Crippen LogP contribution in [0.25, 0.3) is 0 Å². The van der Waals surface area contributed by atoms with Crippen molar-refractivity contribution in [3.8, 4) is 0 Å². The molecule has 0 saturated heterocycles. The van der Waals surface area contributed by atoms with Crippen molar-refractivity contribution >= 4 is 31.6 Å². The molecule has 0 aliphatic heterocycles. The third-order valence-electron chi connectivity index (χ3n) is 2.94. The molecule has 0 heterocycles. The number of hydrogen-bond donors (Lipinski definition) is 2. The van der Waals surface area contributed by atoms with Crippen molar-refractivity contribution < 1.29 is 8.42 Å². The van der Waals surface area contributed by atoms with E-state index in [2.05, 4.69) is 21.2 Å². The van der Waals surface area contributed by atoms with E-state index in [1.54, 1.807) is 12.1 Å². The number of hydrogen-bond acceptors (Lipinski definition) is 3. The fourth-order valence-electron chi connectivity index (χ4n) is 1.83. The first-order valence-corrected chi connectivity index (χ1v) is 8.35. The quantitative estimate of drug-likeness (QED) is 0.884. The van der Waals surface area contributed by atoms with Crippen LogP contribution in [-0.4, -0.2) is 8.42 Å². The molecule has 1 unspecified atom stereocenters. The fourth-order valence-corrected chi connectivity index (χ4v) is 2.61. The van der Waals surface area contributed by atoms with Crippen LogP contribution in [-0.2, 0) is 10.0 Å².